The molecule has 0 aromatic heterocycles. The van der Waals surface area contributed by atoms with Crippen LogP contribution in [0.4, 0.5) is 0 Å². The SMILES string of the molecule is Cc1c(COc2ccc(CNCC(O)CC(=O)O)c(OCc3cccc(C#N)c3)c2)cccc1-c1ccccc1. The van der Waals surface area contributed by atoms with Crippen molar-refractivity contribution in [1.29, 1.82) is 5.26 Å². The summed E-state index contributed by atoms with van der Waals surface area (Å²) in [6, 6.07) is 31.4. The van der Waals surface area contributed by atoms with E-state index in [2.05, 4.69) is 42.6 Å². The van der Waals surface area contributed by atoms with Gasteiger partial charge in [0.25, 0.3) is 0 Å². The van der Waals surface area contributed by atoms with E-state index in [-0.39, 0.29) is 19.6 Å². The summed E-state index contributed by atoms with van der Waals surface area (Å²) < 4.78 is 12.3. The molecule has 1 atom stereocenters. The van der Waals surface area contributed by atoms with Crippen LogP contribution in [0, 0.1) is 18.3 Å². The molecule has 4 rings (SSSR count). The first-order valence-corrected chi connectivity index (χ1v) is 13.0. The van der Waals surface area contributed by atoms with E-state index < -0.39 is 12.1 Å². The summed E-state index contributed by atoms with van der Waals surface area (Å²) >= 11 is 0. The number of carbonyl (C=O) groups is 1. The van der Waals surface area contributed by atoms with Crippen molar-refractivity contribution in [3.8, 4) is 28.7 Å². The second-order valence-corrected chi connectivity index (χ2v) is 9.50. The Kier molecular flexibility index (Phi) is 9.89. The van der Waals surface area contributed by atoms with Gasteiger partial charge in [-0.1, -0.05) is 66.7 Å². The molecule has 40 heavy (non-hydrogen) atoms. The number of nitrogens with zero attached hydrogens (tertiary/aromatic N) is 1. The Balaban J connectivity index is 1.49. The fourth-order valence-corrected chi connectivity index (χ4v) is 4.38. The molecule has 0 bridgehead atoms. The maximum atomic E-state index is 10.8. The molecule has 4 aromatic carbocycles. The van der Waals surface area contributed by atoms with Crippen molar-refractivity contribution in [3.63, 3.8) is 0 Å². The van der Waals surface area contributed by atoms with Crippen LogP contribution in [-0.4, -0.2) is 28.8 Å². The van der Waals surface area contributed by atoms with Crippen LogP contribution < -0.4 is 14.8 Å². The fraction of sp³-hybridized carbons (Fsp3) is 0.212. The lowest BCUT2D eigenvalue weighted by molar-refractivity contribution is -0.139. The van der Waals surface area contributed by atoms with Crippen molar-refractivity contribution in [1.82, 2.24) is 5.32 Å². The molecule has 0 fully saturated rings. The first kappa shape index (κ1) is 28.4. The van der Waals surface area contributed by atoms with E-state index >= 15 is 0 Å². The van der Waals surface area contributed by atoms with Crippen LogP contribution in [0.3, 0.4) is 0 Å². The van der Waals surface area contributed by atoms with Crippen LogP contribution in [-0.2, 0) is 24.6 Å². The van der Waals surface area contributed by atoms with Gasteiger partial charge in [-0.05, 0) is 52.9 Å². The molecule has 0 aliphatic carbocycles. The average Bonchev–Trinajstić information content (AvgIpc) is 2.96. The van der Waals surface area contributed by atoms with Crippen molar-refractivity contribution in [3.05, 3.63) is 119 Å². The molecule has 4 aromatic rings. The molecule has 0 radical (unpaired) electrons. The number of aliphatic carboxylic acids is 1. The highest BCUT2D eigenvalue weighted by molar-refractivity contribution is 5.68. The van der Waals surface area contributed by atoms with Gasteiger partial charge in [-0.2, -0.15) is 5.26 Å². The third-order valence-corrected chi connectivity index (χ3v) is 6.52. The predicted octanol–water partition coefficient (Wildman–Crippen LogP) is 5.62. The molecular formula is C33H32N2O5. The Morgan fingerprint density at radius 2 is 1.73 bits per heavy atom. The largest absolute Gasteiger partial charge is 0.489 e. The highest BCUT2D eigenvalue weighted by atomic mass is 16.5. The van der Waals surface area contributed by atoms with Crippen LogP contribution in [0.15, 0.2) is 91.0 Å². The van der Waals surface area contributed by atoms with Crippen molar-refractivity contribution in [2.24, 2.45) is 0 Å². The molecule has 7 nitrogen and oxygen atoms in total. The molecule has 7 heteroatoms. The molecular weight excluding hydrogens is 504 g/mol. The maximum absolute atomic E-state index is 10.8. The molecule has 0 amide bonds. The van der Waals surface area contributed by atoms with Gasteiger partial charge >= 0.3 is 5.97 Å². The zero-order valence-electron chi connectivity index (χ0n) is 22.3. The van der Waals surface area contributed by atoms with E-state index in [1.54, 1.807) is 12.1 Å². The van der Waals surface area contributed by atoms with Gasteiger partial charge in [-0.25, -0.2) is 0 Å². The first-order chi connectivity index (χ1) is 19.4. The van der Waals surface area contributed by atoms with Crippen molar-refractivity contribution in [2.45, 2.75) is 39.2 Å². The van der Waals surface area contributed by atoms with Gasteiger partial charge in [0.05, 0.1) is 24.2 Å². The Morgan fingerprint density at radius 3 is 2.50 bits per heavy atom. The lowest BCUT2D eigenvalue weighted by Crippen LogP contribution is -2.28. The minimum atomic E-state index is -1.05. The highest BCUT2D eigenvalue weighted by Gasteiger charge is 2.12. The summed E-state index contributed by atoms with van der Waals surface area (Å²) in [5.74, 6) is 0.179. The molecule has 0 heterocycles. The molecule has 1 unspecified atom stereocenters. The Morgan fingerprint density at radius 1 is 0.925 bits per heavy atom. The maximum Gasteiger partial charge on any atom is 0.306 e. The second-order valence-electron chi connectivity index (χ2n) is 9.50. The number of aliphatic hydroxyl groups excluding tert-OH is 1. The van der Waals surface area contributed by atoms with Gasteiger partial charge < -0.3 is 25.0 Å². The molecule has 3 N–H and O–H groups in total. The van der Waals surface area contributed by atoms with E-state index in [1.807, 2.05) is 54.6 Å². The van der Waals surface area contributed by atoms with Gasteiger partial charge in [0.2, 0.25) is 0 Å². The standard InChI is InChI=1S/C33H32N2O5/c1-23-28(11-6-12-31(23)26-9-3-2-4-10-26)22-39-30-14-13-27(19-35-20-29(36)16-33(37)38)32(17-30)40-21-25-8-5-7-24(15-25)18-34/h2-15,17,29,35-36H,16,19-22H2,1H3,(H,37,38). The number of hydrogen-bond donors (Lipinski definition) is 3. The van der Waals surface area contributed by atoms with E-state index in [4.69, 9.17) is 14.6 Å². The van der Waals surface area contributed by atoms with Crippen LogP contribution in [0.1, 0.15) is 34.2 Å². The number of carboxylic acid groups (broad SMARTS) is 1. The molecule has 0 saturated heterocycles. The molecule has 204 valence electrons. The summed E-state index contributed by atoms with van der Waals surface area (Å²) in [6.45, 7) is 3.23. The zero-order valence-corrected chi connectivity index (χ0v) is 22.3. The van der Waals surface area contributed by atoms with Crippen molar-refractivity contribution in [2.75, 3.05) is 6.54 Å². The first-order valence-electron chi connectivity index (χ1n) is 13.0. The van der Waals surface area contributed by atoms with Gasteiger partial charge in [0, 0.05) is 24.7 Å². The summed E-state index contributed by atoms with van der Waals surface area (Å²) in [5, 5.41) is 31.1. The van der Waals surface area contributed by atoms with Gasteiger partial charge in [0.15, 0.2) is 0 Å². The summed E-state index contributed by atoms with van der Waals surface area (Å²) in [5.41, 5.74) is 6.79. The Bertz CT molecular complexity index is 1480. The molecule has 0 saturated carbocycles. The number of rotatable bonds is 13. The van der Waals surface area contributed by atoms with Crippen LogP contribution in [0.25, 0.3) is 11.1 Å². The number of benzene rings is 4. The monoisotopic (exact) mass is 536 g/mol. The van der Waals surface area contributed by atoms with Gasteiger partial charge in [-0.15, -0.1) is 0 Å². The average molecular weight is 537 g/mol. The lowest BCUT2D eigenvalue weighted by Gasteiger charge is -2.17. The quantitative estimate of drug-likeness (QED) is 0.203. The van der Waals surface area contributed by atoms with E-state index in [9.17, 15) is 15.2 Å². The minimum Gasteiger partial charge on any atom is -0.489 e. The Hall–Kier alpha value is -4.64. The topological polar surface area (TPSA) is 112 Å². The van der Waals surface area contributed by atoms with E-state index in [0.717, 1.165) is 33.4 Å². The third kappa shape index (κ3) is 7.93. The summed E-state index contributed by atoms with van der Waals surface area (Å²) in [6.07, 6.45) is -1.32. The minimum absolute atomic E-state index is 0.130. The highest BCUT2D eigenvalue weighted by Crippen LogP contribution is 2.29. The van der Waals surface area contributed by atoms with Gasteiger partial charge in [0.1, 0.15) is 24.7 Å². The van der Waals surface area contributed by atoms with Gasteiger partial charge in [-0.3, -0.25) is 4.79 Å². The smallest absolute Gasteiger partial charge is 0.306 e. The lowest BCUT2D eigenvalue weighted by atomic mass is 9.97. The molecule has 0 aliphatic rings. The van der Waals surface area contributed by atoms with E-state index in [0.29, 0.717) is 30.2 Å². The molecule has 0 aliphatic heterocycles. The van der Waals surface area contributed by atoms with E-state index in [1.165, 1.54) is 0 Å². The number of nitrogens with one attached hydrogen (secondary N) is 1. The fourth-order valence-electron chi connectivity index (χ4n) is 4.38. The van der Waals surface area contributed by atoms with Crippen LogP contribution in [0.2, 0.25) is 0 Å². The molecule has 0 spiro atoms. The van der Waals surface area contributed by atoms with Crippen LogP contribution >= 0.6 is 0 Å². The Labute approximate surface area is 234 Å². The third-order valence-electron chi connectivity index (χ3n) is 6.52. The number of nitriles is 1. The number of hydrogen-bond acceptors (Lipinski definition) is 6. The summed E-state index contributed by atoms with van der Waals surface area (Å²) in [7, 11) is 0. The van der Waals surface area contributed by atoms with Crippen LogP contribution in [0.5, 0.6) is 11.5 Å². The number of ether oxygens (including phenoxy) is 2. The van der Waals surface area contributed by atoms with Crippen molar-refractivity contribution < 1.29 is 24.5 Å². The summed E-state index contributed by atoms with van der Waals surface area (Å²) in [4.78, 5) is 10.8. The number of carboxylic acids is 1. The van der Waals surface area contributed by atoms with Crippen molar-refractivity contribution >= 4 is 5.97 Å². The second kappa shape index (κ2) is 13.9. The normalized spacial score (nSPS) is 11.4. The predicted molar refractivity (Wildman–Crippen MR) is 153 cm³/mol. The number of aliphatic hydroxyl groups is 1. The zero-order chi connectivity index (χ0) is 28.3.